The number of nitrogens with zero attached hydrogens (tertiary/aromatic N) is 1. The molecule has 1 aromatic carbocycles. The van der Waals surface area contributed by atoms with E-state index in [9.17, 15) is 0 Å². The number of rotatable bonds is 14. The molecule has 0 heterocycles. The monoisotopic (exact) mass is 317 g/mol. The van der Waals surface area contributed by atoms with Crippen molar-refractivity contribution in [2.24, 2.45) is 0 Å². The van der Waals surface area contributed by atoms with E-state index in [1.165, 1.54) is 94.7 Å². The smallest absolute Gasteiger partial charge is 0.0393 e. The highest BCUT2D eigenvalue weighted by Gasteiger charge is 2.03. The molecule has 0 radical (unpaired) electrons. The van der Waals surface area contributed by atoms with Crippen molar-refractivity contribution in [3.63, 3.8) is 0 Å². The first kappa shape index (κ1) is 20.1. The molecule has 0 aliphatic heterocycles. The molecule has 0 unspecified atom stereocenters. The van der Waals surface area contributed by atoms with Gasteiger partial charge in [-0.2, -0.15) is 0 Å². The van der Waals surface area contributed by atoms with Gasteiger partial charge in [0.15, 0.2) is 0 Å². The Labute approximate surface area is 145 Å². The zero-order valence-electron chi connectivity index (χ0n) is 15.9. The van der Waals surface area contributed by atoms with Crippen molar-refractivity contribution < 1.29 is 0 Å². The lowest BCUT2D eigenvalue weighted by molar-refractivity contribution is 0.544. The molecule has 23 heavy (non-hydrogen) atoms. The molecule has 1 heteroatoms. The van der Waals surface area contributed by atoms with E-state index in [2.05, 4.69) is 50.2 Å². The number of benzene rings is 1. The van der Waals surface area contributed by atoms with E-state index in [4.69, 9.17) is 0 Å². The lowest BCUT2D eigenvalue weighted by atomic mass is 10.0. The van der Waals surface area contributed by atoms with Crippen LogP contribution in [-0.4, -0.2) is 14.1 Å². The van der Waals surface area contributed by atoms with Crippen LogP contribution in [0.25, 0.3) is 0 Å². The van der Waals surface area contributed by atoms with Crippen LogP contribution in [0.1, 0.15) is 89.5 Å². The summed E-state index contributed by atoms with van der Waals surface area (Å²) in [6.45, 7) is 2.29. The van der Waals surface area contributed by atoms with E-state index in [-0.39, 0.29) is 0 Å². The zero-order chi connectivity index (χ0) is 16.8. The first-order valence-electron chi connectivity index (χ1n) is 10.0. The Hall–Kier alpha value is -0.980. The lowest BCUT2D eigenvalue weighted by Gasteiger charge is -2.17. The molecule has 0 N–H and O–H groups in total. The van der Waals surface area contributed by atoms with Crippen molar-refractivity contribution in [1.82, 2.24) is 0 Å². The maximum Gasteiger partial charge on any atom is 0.0393 e. The van der Waals surface area contributed by atoms with Crippen LogP contribution < -0.4 is 4.90 Å². The molecule has 1 rings (SSSR count). The Kier molecular flexibility index (Phi) is 11.7. The normalized spacial score (nSPS) is 10.9. The molecule has 0 saturated heterocycles. The Morgan fingerprint density at radius 1 is 0.652 bits per heavy atom. The zero-order valence-corrected chi connectivity index (χ0v) is 15.9. The highest BCUT2D eigenvalue weighted by molar-refractivity contribution is 5.52. The summed E-state index contributed by atoms with van der Waals surface area (Å²) >= 11 is 0. The molecule has 0 aliphatic rings. The number of unbranched alkanes of at least 4 members (excludes halogenated alkanes) is 11. The van der Waals surface area contributed by atoms with Gasteiger partial charge in [0.1, 0.15) is 0 Å². The number of hydrogen-bond acceptors (Lipinski definition) is 1. The predicted octanol–water partition coefficient (Wildman–Crippen LogP) is 7.00. The van der Waals surface area contributed by atoms with Gasteiger partial charge in [-0.25, -0.2) is 0 Å². The van der Waals surface area contributed by atoms with Crippen LogP contribution in [0.2, 0.25) is 0 Å². The highest BCUT2D eigenvalue weighted by Crippen LogP contribution is 2.20. The summed E-state index contributed by atoms with van der Waals surface area (Å²) in [5, 5.41) is 0. The van der Waals surface area contributed by atoms with Gasteiger partial charge in [0.25, 0.3) is 0 Å². The van der Waals surface area contributed by atoms with Gasteiger partial charge < -0.3 is 4.90 Å². The fourth-order valence-electron chi connectivity index (χ4n) is 3.31. The molecule has 1 nitrogen and oxygen atoms in total. The third kappa shape index (κ3) is 9.69. The second kappa shape index (κ2) is 13.5. The number of para-hydroxylation sites is 1. The minimum Gasteiger partial charge on any atom is -0.377 e. The van der Waals surface area contributed by atoms with Crippen LogP contribution in [0.3, 0.4) is 0 Å². The first-order valence-corrected chi connectivity index (χ1v) is 10.0. The lowest BCUT2D eigenvalue weighted by Crippen LogP contribution is -2.11. The van der Waals surface area contributed by atoms with Crippen molar-refractivity contribution in [3.05, 3.63) is 29.8 Å². The van der Waals surface area contributed by atoms with Gasteiger partial charge in [-0.3, -0.25) is 0 Å². The molecule has 0 bridgehead atoms. The number of aryl methyl sites for hydroxylation is 1. The summed E-state index contributed by atoms with van der Waals surface area (Å²) < 4.78 is 0. The summed E-state index contributed by atoms with van der Waals surface area (Å²) in [7, 11) is 4.28. The topological polar surface area (TPSA) is 3.24 Å². The van der Waals surface area contributed by atoms with Crippen LogP contribution >= 0.6 is 0 Å². The Balaban J connectivity index is 1.96. The molecule has 0 amide bonds. The van der Waals surface area contributed by atoms with Crippen molar-refractivity contribution >= 4 is 5.69 Å². The fraction of sp³-hybridized carbons (Fsp3) is 0.727. The Morgan fingerprint density at radius 3 is 1.65 bits per heavy atom. The summed E-state index contributed by atoms with van der Waals surface area (Å²) in [5.74, 6) is 0. The van der Waals surface area contributed by atoms with Gasteiger partial charge in [0, 0.05) is 19.8 Å². The third-order valence-corrected chi connectivity index (χ3v) is 4.77. The third-order valence-electron chi connectivity index (χ3n) is 4.77. The highest BCUT2D eigenvalue weighted by atomic mass is 15.1. The van der Waals surface area contributed by atoms with E-state index < -0.39 is 0 Å². The van der Waals surface area contributed by atoms with Crippen LogP contribution in [0.4, 0.5) is 5.69 Å². The van der Waals surface area contributed by atoms with Gasteiger partial charge in [0.2, 0.25) is 0 Å². The van der Waals surface area contributed by atoms with Gasteiger partial charge in [0.05, 0.1) is 0 Å². The molecular weight excluding hydrogens is 278 g/mol. The van der Waals surface area contributed by atoms with Crippen LogP contribution in [0.15, 0.2) is 24.3 Å². The van der Waals surface area contributed by atoms with E-state index in [0.29, 0.717) is 0 Å². The molecule has 0 spiro atoms. The van der Waals surface area contributed by atoms with Gasteiger partial charge in [-0.15, -0.1) is 0 Å². The van der Waals surface area contributed by atoms with E-state index in [0.717, 1.165) is 0 Å². The maximum absolute atomic E-state index is 2.29. The van der Waals surface area contributed by atoms with E-state index >= 15 is 0 Å². The van der Waals surface area contributed by atoms with Crippen molar-refractivity contribution in [3.8, 4) is 0 Å². The standard InChI is InChI=1S/C22H39N/c1-4-5-6-7-8-9-10-11-12-13-14-15-18-21-19-16-17-20-22(21)23(2)3/h16-17,19-20H,4-15,18H2,1-3H3. The molecule has 0 fully saturated rings. The molecule has 0 saturated carbocycles. The van der Waals surface area contributed by atoms with Crippen LogP contribution in [0, 0.1) is 0 Å². The average molecular weight is 318 g/mol. The second-order valence-electron chi connectivity index (χ2n) is 7.16. The first-order chi connectivity index (χ1) is 11.3. The van der Waals surface area contributed by atoms with Crippen molar-refractivity contribution in [2.75, 3.05) is 19.0 Å². The molecule has 0 atom stereocenters. The molecule has 132 valence electrons. The summed E-state index contributed by atoms with van der Waals surface area (Å²) in [6, 6.07) is 8.83. The molecule has 1 aromatic rings. The Morgan fingerprint density at radius 2 is 1.13 bits per heavy atom. The Bertz CT molecular complexity index is 383. The summed E-state index contributed by atoms with van der Waals surface area (Å²) in [4.78, 5) is 2.23. The summed E-state index contributed by atoms with van der Waals surface area (Å²) in [5.41, 5.74) is 2.89. The minimum atomic E-state index is 1.23. The van der Waals surface area contributed by atoms with Crippen LogP contribution in [0.5, 0.6) is 0 Å². The second-order valence-corrected chi connectivity index (χ2v) is 7.16. The maximum atomic E-state index is 2.29. The fourth-order valence-corrected chi connectivity index (χ4v) is 3.31. The average Bonchev–Trinajstić information content (AvgIpc) is 2.56. The van der Waals surface area contributed by atoms with Gasteiger partial charge >= 0.3 is 0 Å². The van der Waals surface area contributed by atoms with Crippen molar-refractivity contribution in [2.45, 2.75) is 90.4 Å². The molecule has 0 aromatic heterocycles. The number of hydrogen-bond donors (Lipinski definition) is 0. The number of anilines is 1. The quantitative estimate of drug-likeness (QED) is 0.334. The van der Waals surface area contributed by atoms with Crippen molar-refractivity contribution in [1.29, 1.82) is 0 Å². The van der Waals surface area contributed by atoms with Gasteiger partial charge in [-0.05, 0) is 24.5 Å². The predicted molar refractivity (Wildman–Crippen MR) is 106 cm³/mol. The van der Waals surface area contributed by atoms with Crippen LogP contribution in [-0.2, 0) is 6.42 Å². The molecular formula is C22H39N. The minimum absolute atomic E-state index is 1.23. The largest absolute Gasteiger partial charge is 0.377 e. The van der Waals surface area contributed by atoms with Gasteiger partial charge in [-0.1, -0.05) is 95.8 Å². The SMILES string of the molecule is CCCCCCCCCCCCCCc1ccccc1N(C)C. The van der Waals surface area contributed by atoms with E-state index in [1.807, 2.05) is 0 Å². The van der Waals surface area contributed by atoms with E-state index in [1.54, 1.807) is 0 Å². The molecule has 0 aliphatic carbocycles. The summed E-state index contributed by atoms with van der Waals surface area (Å²) in [6.07, 6.45) is 18.3.